The van der Waals surface area contributed by atoms with E-state index in [4.69, 9.17) is 47.1 Å². The van der Waals surface area contributed by atoms with Gasteiger partial charge in [-0.1, -0.05) is 89.0 Å². The molecule has 352 valence electrons. The van der Waals surface area contributed by atoms with Crippen LogP contribution in [0.25, 0.3) is 6.08 Å². The van der Waals surface area contributed by atoms with Gasteiger partial charge in [0.2, 0.25) is 0 Å². The second-order valence-electron chi connectivity index (χ2n) is 19.2. The fraction of sp³-hybridized carbons (Fsp3) is 0.520. The molecule has 0 bridgehead atoms. The van der Waals surface area contributed by atoms with Crippen LogP contribution in [0.1, 0.15) is 79.8 Å². The molecule has 5 atom stereocenters. The number of ether oxygens (including phenoxy) is 9. The van der Waals surface area contributed by atoms with Crippen LogP contribution in [-0.2, 0) is 39.5 Å². The summed E-state index contributed by atoms with van der Waals surface area (Å²) in [6.45, 7) is 23.9. The Hall–Kier alpha value is -4.29. The van der Waals surface area contributed by atoms with E-state index in [1.54, 1.807) is 50.6 Å². The quantitative estimate of drug-likeness (QED) is 0.0389. The lowest BCUT2D eigenvalue weighted by Crippen LogP contribution is -2.46. The van der Waals surface area contributed by atoms with Crippen molar-refractivity contribution in [3.8, 4) is 17.2 Å². The molecule has 0 spiro atoms. The van der Waals surface area contributed by atoms with Crippen LogP contribution in [0.4, 0.5) is 0 Å². The molecule has 0 radical (unpaired) electrons. The SMILES string of the molecule is COCOc1cc(OC)cc(C=CC[C@@H]2OC(C)(C)O[C@@H]2C(C=C[C@@H](OCc2ccc(OC)cc2)[C@H](C)O[Si](C)(C)C(C)(C)C)OC(=O)c2ccccc2)c1C(=O)OCC[Si](C)(C)C. The number of benzene rings is 3. The van der Waals surface area contributed by atoms with Crippen molar-refractivity contribution in [3.05, 3.63) is 107 Å². The fourth-order valence-electron chi connectivity index (χ4n) is 6.66. The third-order valence-electron chi connectivity index (χ3n) is 11.3. The molecule has 4 rings (SSSR count). The molecule has 64 heavy (non-hydrogen) atoms. The minimum Gasteiger partial charge on any atom is -0.497 e. The zero-order valence-corrected chi connectivity index (χ0v) is 42.5. The first kappa shape index (κ1) is 52.3. The van der Waals surface area contributed by atoms with E-state index in [9.17, 15) is 9.59 Å². The summed E-state index contributed by atoms with van der Waals surface area (Å²) in [5.41, 5.74) is 2.13. The predicted molar refractivity (Wildman–Crippen MR) is 256 cm³/mol. The second-order valence-corrected chi connectivity index (χ2v) is 29.6. The van der Waals surface area contributed by atoms with Crippen molar-refractivity contribution in [3.63, 3.8) is 0 Å². The van der Waals surface area contributed by atoms with Crippen molar-refractivity contribution in [2.24, 2.45) is 0 Å². The molecule has 1 aliphatic heterocycles. The van der Waals surface area contributed by atoms with Gasteiger partial charge < -0.3 is 47.1 Å². The molecule has 0 N–H and O–H groups in total. The summed E-state index contributed by atoms with van der Waals surface area (Å²) in [6, 6.07) is 20.8. The summed E-state index contributed by atoms with van der Waals surface area (Å²) in [4.78, 5) is 27.5. The Kier molecular flexibility index (Phi) is 19.0. The molecule has 0 aliphatic carbocycles. The van der Waals surface area contributed by atoms with E-state index in [1.165, 1.54) is 7.11 Å². The highest BCUT2D eigenvalue weighted by atomic mass is 28.4. The Balaban J connectivity index is 1.72. The van der Waals surface area contributed by atoms with E-state index in [1.807, 2.05) is 75.4 Å². The zero-order valence-electron chi connectivity index (χ0n) is 40.5. The van der Waals surface area contributed by atoms with E-state index in [-0.39, 0.29) is 29.2 Å². The molecule has 3 aromatic rings. The fourth-order valence-corrected chi connectivity index (χ4v) is 8.79. The number of methoxy groups -OCH3 is 3. The normalized spacial score (nSPS) is 18.2. The number of carbonyl (C=O) groups is 2. The summed E-state index contributed by atoms with van der Waals surface area (Å²) in [5.74, 6) is -0.552. The summed E-state index contributed by atoms with van der Waals surface area (Å²) in [5, 5.41) is -0.0429. The number of esters is 2. The van der Waals surface area contributed by atoms with Crippen molar-refractivity contribution in [1.82, 2.24) is 0 Å². The molecule has 0 aromatic heterocycles. The molecule has 0 amide bonds. The molecule has 14 heteroatoms. The predicted octanol–water partition coefficient (Wildman–Crippen LogP) is 10.9. The number of carbonyl (C=O) groups excluding carboxylic acids is 2. The van der Waals surface area contributed by atoms with Gasteiger partial charge >= 0.3 is 11.9 Å². The van der Waals surface area contributed by atoms with Crippen LogP contribution in [0.15, 0.2) is 85.0 Å². The first-order valence-electron chi connectivity index (χ1n) is 22.0. The topological polar surface area (TPSA) is 126 Å². The molecule has 0 saturated carbocycles. The summed E-state index contributed by atoms with van der Waals surface area (Å²) in [7, 11) is 0.974. The van der Waals surface area contributed by atoms with Gasteiger partial charge in [-0.15, -0.1) is 0 Å². The number of hydrogen-bond donors (Lipinski definition) is 0. The van der Waals surface area contributed by atoms with E-state index in [0.717, 1.165) is 17.4 Å². The van der Waals surface area contributed by atoms with E-state index in [2.05, 4.69) is 53.5 Å². The monoisotopic (exact) mass is 920 g/mol. The molecule has 3 aromatic carbocycles. The van der Waals surface area contributed by atoms with Crippen LogP contribution in [0.5, 0.6) is 17.2 Å². The Morgan fingerprint density at radius 1 is 0.859 bits per heavy atom. The molecular formula is C50H72O12Si2. The van der Waals surface area contributed by atoms with E-state index in [0.29, 0.717) is 36.5 Å². The average Bonchev–Trinajstić information content (AvgIpc) is 3.54. The molecule has 1 saturated heterocycles. The molecule has 1 unspecified atom stereocenters. The highest BCUT2D eigenvalue weighted by Crippen LogP contribution is 2.39. The van der Waals surface area contributed by atoms with Gasteiger partial charge in [0.1, 0.15) is 41.1 Å². The van der Waals surface area contributed by atoms with Gasteiger partial charge in [0.15, 0.2) is 20.9 Å². The van der Waals surface area contributed by atoms with E-state index < -0.39 is 58.5 Å². The molecular weight excluding hydrogens is 849 g/mol. The third-order valence-corrected chi connectivity index (χ3v) is 17.5. The van der Waals surface area contributed by atoms with Crippen molar-refractivity contribution in [2.75, 3.05) is 34.7 Å². The first-order chi connectivity index (χ1) is 30.1. The summed E-state index contributed by atoms with van der Waals surface area (Å²) < 4.78 is 60.7. The minimum absolute atomic E-state index is 0.0429. The van der Waals surface area contributed by atoms with Crippen molar-refractivity contribution >= 4 is 34.4 Å². The van der Waals surface area contributed by atoms with Crippen LogP contribution >= 0.6 is 0 Å². The highest BCUT2D eigenvalue weighted by Gasteiger charge is 2.46. The molecule has 1 heterocycles. The Morgan fingerprint density at radius 2 is 1.53 bits per heavy atom. The van der Waals surface area contributed by atoms with Crippen LogP contribution in [0.3, 0.4) is 0 Å². The minimum atomic E-state index is -2.24. The van der Waals surface area contributed by atoms with Gasteiger partial charge in [-0.05, 0) is 98.9 Å². The number of hydrogen-bond acceptors (Lipinski definition) is 12. The second kappa shape index (κ2) is 23.3. The van der Waals surface area contributed by atoms with Gasteiger partial charge in [0.25, 0.3) is 0 Å². The Labute approximate surface area is 383 Å². The number of rotatable bonds is 23. The molecule has 1 fully saturated rings. The lowest BCUT2D eigenvalue weighted by atomic mass is 10.0. The molecule has 12 nitrogen and oxygen atoms in total. The summed E-state index contributed by atoms with van der Waals surface area (Å²) >= 11 is 0. The van der Waals surface area contributed by atoms with Crippen molar-refractivity contribution in [2.45, 2.75) is 135 Å². The van der Waals surface area contributed by atoms with Gasteiger partial charge in [0.05, 0.1) is 45.2 Å². The van der Waals surface area contributed by atoms with Gasteiger partial charge in [-0.3, -0.25) is 0 Å². The van der Waals surface area contributed by atoms with Crippen molar-refractivity contribution < 1.29 is 56.6 Å². The van der Waals surface area contributed by atoms with Crippen LogP contribution < -0.4 is 14.2 Å². The average molecular weight is 921 g/mol. The van der Waals surface area contributed by atoms with Gasteiger partial charge in [-0.2, -0.15) is 0 Å². The van der Waals surface area contributed by atoms with Crippen LogP contribution in [0, 0.1) is 0 Å². The Bertz CT molecular complexity index is 2000. The lowest BCUT2D eigenvalue weighted by molar-refractivity contribution is -0.152. The zero-order chi connectivity index (χ0) is 47.3. The highest BCUT2D eigenvalue weighted by molar-refractivity contribution is 6.76. The standard InChI is InChI=1S/C50H72O12Si2/c1-35(62-64(13,14)49(2,3)4)41(57-33-36-23-25-39(54-8)26-24-36)27-28-42(59-47(51)37-19-16-15-17-20-37)46-43(60-50(5,6)61-46)22-18-21-38-31-40(55-9)32-44(58-34-53-7)45(38)48(52)56-29-30-63(10,11)12/h15-21,23-28,31-32,35,41-43,46H,22,29-30,33-34H2,1-14H3/t35-,41+,42?,43-,46+/m0/s1. The largest absolute Gasteiger partial charge is 0.497 e. The van der Waals surface area contributed by atoms with Gasteiger partial charge in [-0.25, -0.2) is 9.59 Å². The maximum atomic E-state index is 13.8. The maximum Gasteiger partial charge on any atom is 0.342 e. The Morgan fingerprint density at radius 3 is 2.14 bits per heavy atom. The van der Waals surface area contributed by atoms with Gasteiger partial charge in [0, 0.05) is 21.3 Å². The first-order valence-corrected chi connectivity index (χ1v) is 28.6. The van der Waals surface area contributed by atoms with Crippen LogP contribution in [0.2, 0.25) is 43.8 Å². The third kappa shape index (κ3) is 15.7. The van der Waals surface area contributed by atoms with Crippen LogP contribution in [-0.4, -0.2) is 99.4 Å². The lowest BCUT2D eigenvalue weighted by Gasteiger charge is -2.40. The summed E-state index contributed by atoms with van der Waals surface area (Å²) in [6.07, 6.45) is 4.62. The van der Waals surface area contributed by atoms with E-state index >= 15 is 0 Å². The smallest absolute Gasteiger partial charge is 0.342 e. The molecule has 1 aliphatic rings. The van der Waals surface area contributed by atoms with Crippen molar-refractivity contribution in [1.29, 1.82) is 0 Å². The maximum absolute atomic E-state index is 13.8.